The summed E-state index contributed by atoms with van der Waals surface area (Å²) in [5.74, 6) is 0.190. The first-order valence-electron chi connectivity index (χ1n) is 6.49. The van der Waals surface area contributed by atoms with Crippen LogP contribution in [0.15, 0.2) is 12.7 Å². The molecule has 0 aromatic heterocycles. The van der Waals surface area contributed by atoms with E-state index in [-0.39, 0.29) is 24.0 Å². The summed E-state index contributed by atoms with van der Waals surface area (Å²) in [6.07, 6.45) is 5.47. The maximum atomic E-state index is 11.8. The van der Waals surface area contributed by atoms with Crippen LogP contribution in [0.4, 0.5) is 4.79 Å². The van der Waals surface area contributed by atoms with Gasteiger partial charge in [0.25, 0.3) is 0 Å². The highest BCUT2D eigenvalue weighted by Crippen LogP contribution is 2.41. The maximum Gasteiger partial charge on any atom is 0.407 e. The first kappa shape index (κ1) is 12.9. The van der Waals surface area contributed by atoms with E-state index in [1.165, 1.54) is 6.08 Å². The van der Waals surface area contributed by atoms with Crippen LogP contribution in [0.25, 0.3) is 0 Å². The molecule has 1 aliphatic carbocycles. The highest BCUT2D eigenvalue weighted by atomic mass is 16.5. The Morgan fingerprint density at radius 3 is 2.78 bits per heavy atom. The lowest BCUT2D eigenvalue weighted by Gasteiger charge is -2.34. The van der Waals surface area contributed by atoms with Crippen molar-refractivity contribution < 1.29 is 14.3 Å². The van der Waals surface area contributed by atoms with Crippen LogP contribution < -0.4 is 10.6 Å². The van der Waals surface area contributed by atoms with Gasteiger partial charge in [-0.2, -0.15) is 0 Å². The van der Waals surface area contributed by atoms with E-state index in [0.717, 1.165) is 38.6 Å². The number of nitrogens with one attached hydrogen (secondary N) is 2. The molecule has 18 heavy (non-hydrogen) atoms. The summed E-state index contributed by atoms with van der Waals surface area (Å²) in [7, 11) is 0. The van der Waals surface area contributed by atoms with Crippen LogP contribution >= 0.6 is 0 Å². The number of ether oxygens (including phenoxy) is 1. The molecule has 2 fully saturated rings. The molecule has 5 heteroatoms. The predicted molar refractivity (Wildman–Crippen MR) is 67.0 cm³/mol. The number of alkyl carbamates (subject to hydrolysis) is 1. The fraction of sp³-hybridized carbons (Fsp3) is 0.692. The first-order chi connectivity index (χ1) is 8.66. The molecule has 1 heterocycles. The number of hydrogen-bond donors (Lipinski definition) is 2. The number of hydrogen-bond acceptors (Lipinski definition) is 3. The topological polar surface area (TPSA) is 67.4 Å². The molecule has 1 saturated heterocycles. The van der Waals surface area contributed by atoms with Gasteiger partial charge in [0, 0.05) is 12.6 Å². The fourth-order valence-electron chi connectivity index (χ4n) is 2.85. The third kappa shape index (κ3) is 2.66. The summed E-state index contributed by atoms with van der Waals surface area (Å²) in [6.45, 7) is 4.50. The Morgan fingerprint density at radius 2 is 2.22 bits per heavy atom. The predicted octanol–water partition coefficient (Wildman–Crippen LogP) is 1.35. The number of rotatable bonds is 3. The molecule has 0 bridgehead atoms. The molecule has 2 N–H and O–H groups in total. The molecule has 2 rings (SSSR count). The van der Waals surface area contributed by atoms with E-state index in [0.29, 0.717) is 0 Å². The number of carbonyl (C=O) groups is 2. The van der Waals surface area contributed by atoms with Crippen molar-refractivity contribution in [2.24, 2.45) is 5.41 Å². The van der Waals surface area contributed by atoms with Crippen LogP contribution in [0.1, 0.15) is 32.1 Å². The van der Waals surface area contributed by atoms with Crippen molar-refractivity contribution in [2.75, 3.05) is 13.2 Å². The van der Waals surface area contributed by atoms with E-state index in [4.69, 9.17) is 4.74 Å². The van der Waals surface area contributed by atoms with E-state index in [9.17, 15) is 9.59 Å². The van der Waals surface area contributed by atoms with Gasteiger partial charge in [0.1, 0.15) is 6.61 Å². The van der Waals surface area contributed by atoms with Gasteiger partial charge in [-0.15, -0.1) is 0 Å². The van der Waals surface area contributed by atoms with Crippen LogP contribution in [0.3, 0.4) is 0 Å². The number of carbonyl (C=O) groups excluding carboxylic acids is 2. The molecule has 0 aromatic rings. The van der Waals surface area contributed by atoms with Gasteiger partial charge in [-0.1, -0.05) is 12.7 Å². The van der Waals surface area contributed by atoms with Crippen LogP contribution in [0, 0.1) is 5.41 Å². The molecular formula is C13H20N2O3. The van der Waals surface area contributed by atoms with E-state index < -0.39 is 6.09 Å². The minimum atomic E-state index is -0.397. The van der Waals surface area contributed by atoms with E-state index in [2.05, 4.69) is 17.2 Å². The molecule has 1 spiro atoms. The Balaban J connectivity index is 1.78. The molecule has 2 amide bonds. The minimum Gasteiger partial charge on any atom is -0.445 e. The standard InChI is InChI=1S/C13H20N2O3/c1-2-9-18-12(17)15-10-3-5-13(6-4-10)7-8-14-11(13)16/h2,10H,1,3-9H2,(H,14,16)(H,15,17). The van der Waals surface area contributed by atoms with Crippen molar-refractivity contribution in [3.8, 4) is 0 Å². The smallest absolute Gasteiger partial charge is 0.407 e. The summed E-state index contributed by atoms with van der Waals surface area (Å²) >= 11 is 0. The minimum absolute atomic E-state index is 0.126. The van der Waals surface area contributed by atoms with Gasteiger partial charge in [-0.05, 0) is 32.1 Å². The zero-order valence-corrected chi connectivity index (χ0v) is 10.5. The second-order valence-corrected chi connectivity index (χ2v) is 5.09. The highest BCUT2D eigenvalue weighted by Gasteiger charge is 2.44. The lowest BCUT2D eigenvalue weighted by Crippen LogP contribution is -2.43. The van der Waals surface area contributed by atoms with E-state index >= 15 is 0 Å². The van der Waals surface area contributed by atoms with Gasteiger partial charge in [0.05, 0.1) is 5.41 Å². The lowest BCUT2D eigenvalue weighted by atomic mass is 9.71. The second kappa shape index (κ2) is 5.42. The van der Waals surface area contributed by atoms with Crippen molar-refractivity contribution in [1.29, 1.82) is 0 Å². The zero-order valence-electron chi connectivity index (χ0n) is 10.5. The Hall–Kier alpha value is -1.52. The van der Waals surface area contributed by atoms with E-state index in [1.54, 1.807) is 0 Å². The Kier molecular flexibility index (Phi) is 3.89. The van der Waals surface area contributed by atoms with Crippen LogP contribution in [-0.4, -0.2) is 31.2 Å². The van der Waals surface area contributed by atoms with Crippen LogP contribution in [0.2, 0.25) is 0 Å². The van der Waals surface area contributed by atoms with Gasteiger partial charge < -0.3 is 15.4 Å². The summed E-state index contributed by atoms with van der Waals surface area (Å²) in [4.78, 5) is 23.2. The normalized spacial score (nSPS) is 30.9. The van der Waals surface area contributed by atoms with Crippen LogP contribution in [0.5, 0.6) is 0 Å². The largest absolute Gasteiger partial charge is 0.445 e. The molecule has 1 aliphatic heterocycles. The maximum absolute atomic E-state index is 11.8. The molecule has 0 unspecified atom stereocenters. The molecule has 100 valence electrons. The molecule has 2 aliphatic rings. The summed E-state index contributed by atoms with van der Waals surface area (Å²) in [6, 6.07) is 0.126. The molecule has 0 atom stereocenters. The fourth-order valence-corrected chi connectivity index (χ4v) is 2.85. The lowest BCUT2D eigenvalue weighted by molar-refractivity contribution is -0.129. The average molecular weight is 252 g/mol. The summed E-state index contributed by atoms with van der Waals surface area (Å²) in [5.41, 5.74) is -0.163. The Labute approximate surface area is 107 Å². The van der Waals surface area contributed by atoms with Crippen molar-refractivity contribution in [2.45, 2.75) is 38.1 Å². The SMILES string of the molecule is C=CCOC(=O)NC1CCC2(CCNC2=O)CC1. The van der Waals surface area contributed by atoms with Gasteiger partial charge in [-0.25, -0.2) is 4.79 Å². The average Bonchev–Trinajstić information content (AvgIpc) is 2.72. The molecule has 1 saturated carbocycles. The Bertz CT molecular complexity index is 346. The third-order valence-electron chi connectivity index (χ3n) is 3.97. The monoisotopic (exact) mass is 252 g/mol. The van der Waals surface area contributed by atoms with Gasteiger partial charge in [0.15, 0.2) is 0 Å². The van der Waals surface area contributed by atoms with Crippen molar-refractivity contribution in [3.05, 3.63) is 12.7 Å². The van der Waals surface area contributed by atoms with Gasteiger partial charge in [-0.3, -0.25) is 4.79 Å². The Morgan fingerprint density at radius 1 is 1.50 bits per heavy atom. The van der Waals surface area contributed by atoms with Crippen molar-refractivity contribution in [1.82, 2.24) is 10.6 Å². The third-order valence-corrected chi connectivity index (χ3v) is 3.97. The van der Waals surface area contributed by atoms with Gasteiger partial charge in [0.2, 0.25) is 5.91 Å². The van der Waals surface area contributed by atoms with Crippen LogP contribution in [-0.2, 0) is 9.53 Å². The molecule has 0 aromatic carbocycles. The quantitative estimate of drug-likeness (QED) is 0.745. The highest BCUT2D eigenvalue weighted by molar-refractivity contribution is 5.84. The summed E-state index contributed by atoms with van der Waals surface area (Å²) < 4.78 is 4.88. The number of amides is 2. The zero-order chi connectivity index (χ0) is 13.0. The second-order valence-electron chi connectivity index (χ2n) is 5.09. The van der Waals surface area contributed by atoms with E-state index in [1.807, 2.05) is 0 Å². The molecule has 5 nitrogen and oxygen atoms in total. The first-order valence-corrected chi connectivity index (χ1v) is 6.49. The van der Waals surface area contributed by atoms with Gasteiger partial charge >= 0.3 is 6.09 Å². The molecule has 0 radical (unpaired) electrons. The van der Waals surface area contributed by atoms with Crippen molar-refractivity contribution >= 4 is 12.0 Å². The molecular weight excluding hydrogens is 232 g/mol. The van der Waals surface area contributed by atoms with Crippen molar-refractivity contribution in [3.63, 3.8) is 0 Å². The summed E-state index contributed by atoms with van der Waals surface area (Å²) in [5, 5.41) is 5.74.